The molecule has 6 heteroatoms. The average molecular weight is 385 g/mol. The van der Waals surface area contributed by atoms with Crippen LogP contribution in [0.2, 0.25) is 9.36 Å². The minimum atomic E-state index is 0.177. The van der Waals surface area contributed by atoms with E-state index in [0.717, 1.165) is 26.1 Å². The van der Waals surface area contributed by atoms with Crippen molar-refractivity contribution in [2.75, 3.05) is 6.54 Å². The van der Waals surface area contributed by atoms with E-state index in [-0.39, 0.29) is 6.04 Å². The van der Waals surface area contributed by atoms with E-state index >= 15 is 0 Å². The lowest BCUT2D eigenvalue weighted by atomic mass is 10.2. The van der Waals surface area contributed by atoms with Crippen LogP contribution in [0.4, 0.5) is 0 Å². The van der Waals surface area contributed by atoms with E-state index in [1.54, 1.807) is 22.7 Å². The van der Waals surface area contributed by atoms with Gasteiger partial charge in [0.25, 0.3) is 0 Å². The Morgan fingerprint density at radius 3 is 2.56 bits per heavy atom. The third-order valence-corrected chi connectivity index (χ3v) is 6.26. The van der Waals surface area contributed by atoms with Gasteiger partial charge in [-0.25, -0.2) is 0 Å². The molecule has 0 bridgehead atoms. The summed E-state index contributed by atoms with van der Waals surface area (Å²) in [7, 11) is 0. The highest BCUT2D eigenvalue weighted by atomic mass is 79.9. The highest BCUT2D eigenvalue weighted by molar-refractivity contribution is 9.11. The van der Waals surface area contributed by atoms with Crippen LogP contribution >= 0.6 is 61.8 Å². The Bertz CT molecular complexity index is 504. The van der Waals surface area contributed by atoms with Crippen molar-refractivity contribution in [1.29, 1.82) is 0 Å². The van der Waals surface area contributed by atoms with E-state index in [0.29, 0.717) is 0 Å². The lowest BCUT2D eigenvalue weighted by Crippen LogP contribution is -2.21. The van der Waals surface area contributed by atoms with Gasteiger partial charge in [-0.2, -0.15) is 0 Å². The van der Waals surface area contributed by atoms with Gasteiger partial charge in [0.05, 0.1) is 19.2 Å². The maximum absolute atomic E-state index is 6.11. The normalized spacial score (nSPS) is 12.9. The van der Waals surface area contributed by atoms with Crippen molar-refractivity contribution in [2.24, 2.45) is 0 Å². The van der Waals surface area contributed by atoms with Gasteiger partial charge in [0.1, 0.15) is 0 Å². The first-order valence-electron chi connectivity index (χ1n) is 5.55. The standard InChI is InChI=1S/C12H12BrCl2NS2/c1-2-5-16-11(8-3-4-10(15)17-8)9-6-7(14)12(13)18-9/h3-4,6,11,16H,2,5H2,1H3. The van der Waals surface area contributed by atoms with Crippen LogP contribution in [0.5, 0.6) is 0 Å². The number of nitrogens with one attached hydrogen (secondary N) is 1. The molecule has 2 aromatic rings. The van der Waals surface area contributed by atoms with E-state index in [1.807, 2.05) is 12.1 Å². The third-order valence-electron chi connectivity index (χ3n) is 2.43. The van der Waals surface area contributed by atoms with Crippen LogP contribution in [0.1, 0.15) is 29.1 Å². The van der Waals surface area contributed by atoms with Crippen molar-refractivity contribution in [3.8, 4) is 0 Å². The number of thiophene rings is 2. The monoisotopic (exact) mass is 383 g/mol. The maximum Gasteiger partial charge on any atom is 0.0931 e. The summed E-state index contributed by atoms with van der Waals surface area (Å²) in [6, 6.07) is 6.20. The lowest BCUT2D eigenvalue weighted by molar-refractivity contribution is 0.613. The highest BCUT2D eigenvalue weighted by Crippen LogP contribution is 2.39. The number of rotatable bonds is 5. The van der Waals surface area contributed by atoms with E-state index in [4.69, 9.17) is 23.2 Å². The fourth-order valence-corrected chi connectivity index (χ4v) is 4.69. The molecule has 0 aromatic carbocycles. The minimum Gasteiger partial charge on any atom is -0.305 e. The molecule has 0 aliphatic heterocycles. The van der Waals surface area contributed by atoms with Gasteiger partial charge >= 0.3 is 0 Å². The molecule has 0 saturated heterocycles. The Labute approximate surface area is 133 Å². The molecular formula is C12H12BrCl2NS2. The summed E-state index contributed by atoms with van der Waals surface area (Å²) in [5.41, 5.74) is 0. The maximum atomic E-state index is 6.11. The second-order valence-corrected chi connectivity index (χ2v) is 8.35. The van der Waals surface area contributed by atoms with Gasteiger partial charge in [-0.3, -0.25) is 0 Å². The first kappa shape index (κ1) is 14.8. The molecule has 1 unspecified atom stereocenters. The minimum absolute atomic E-state index is 0.177. The zero-order chi connectivity index (χ0) is 13.1. The quantitative estimate of drug-likeness (QED) is 0.669. The molecule has 1 nitrogen and oxygen atoms in total. The van der Waals surface area contributed by atoms with Crippen LogP contribution in [-0.4, -0.2) is 6.54 Å². The molecule has 1 N–H and O–H groups in total. The number of hydrogen-bond acceptors (Lipinski definition) is 3. The molecule has 18 heavy (non-hydrogen) atoms. The van der Waals surface area contributed by atoms with Crippen molar-refractivity contribution >= 4 is 61.8 Å². The summed E-state index contributed by atoms with van der Waals surface area (Å²) in [5, 5.41) is 4.30. The summed E-state index contributed by atoms with van der Waals surface area (Å²) in [4.78, 5) is 2.43. The predicted octanol–water partition coefficient (Wildman–Crippen LogP) is 5.97. The molecule has 0 radical (unpaired) electrons. The van der Waals surface area contributed by atoms with Gasteiger partial charge in [-0.1, -0.05) is 30.1 Å². The summed E-state index contributed by atoms with van der Waals surface area (Å²) in [5.74, 6) is 0. The molecule has 0 fully saturated rings. The first-order valence-corrected chi connectivity index (χ1v) is 8.73. The molecule has 0 spiro atoms. The van der Waals surface area contributed by atoms with Crippen molar-refractivity contribution in [3.63, 3.8) is 0 Å². The van der Waals surface area contributed by atoms with Crippen LogP contribution in [-0.2, 0) is 0 Å². The van der Waals surface area contributed by atoms with Gasteiger partial charge in [0, 0.05) is 9.75 Å². The van der Waals surface area contributed by atoms with Crippen molar-refractivity contribution in [1.82, 2.24) is 5.32 Å². The summed E-state index contributed by atoms with van der Waals surface area (Å²) >= 11 is 18.9. The van der Waals surface area contributed by atoms with Crippen LogP contribution < -0.4 is 5.32 Å². The molecule has 0 saturated carbocycles. The summed E-state index contributed by atoms with van der Waals surface area (Å²) < 4.78 is 1.79. The van der Waals surface area contributed by atoms with Gasteiger partial charge in [-0.05, 0) is 47.1 Å². The van der Waals surface area contributed by atoms with Gasteiger partial charge in [0.15, 0.2) is 0 Å². The molecule has 0 aliphatic rings. The molecule has 2 aromatic heterocycles. The topological polar surface area (TPSA) is 12.0 Å². The molecule has 1 atom stereocenters. The van der Waals surface area contributed by atoms with Gasteiger partial charge in [0.2, 0.25) is 0 Å². The number of halogens is 3. The van der Waals surface area contributed by atoms with E-state index < -0.39 is 0 Å². The second kappa shape index (κ2) is 6.73. The SMILES string of the molecule is CCCNC(c1ccc(Cl)s1)c1cc(Cl)c(Br)s1. The zero-order valence-corrected chi connectivity index (χ0v) is 14.4. The smallest absolute Gasteiger partial charge is 0.0931 e. The van der Waals surface area contributed by atoms with Gasteiger partial charge < -0.3 is 5.32 Å². The van der Waals surface area contributed by atoms with Crippen LogP contribution in [0, 0.1) is 0 Å². The molecule has 2 rings (SSSR count). The highest BCUT2D eigenvalue weighted by Gasteiger charge is 2.19. The van der Waals surface area contributed by atoms with Crippen molar-refractivity contribution < 1.29 is 0 Å². The van der Waals surface area contributed by atoms with Crippen LogP contribution in [0.3, 0.4) is 0 Å². The lowest BCUT2D eigenvalue weighted by Gasteiger charge is -2.15. The summed E-state index contributed by atoms with van der Waals surface area (Å²) in [6.45, 7) is 3.12. The fourth-order valence-electron chi connectivity index (χ4n) is 1.62. The fraction of sp³-hybridized carbons (Fsp3) is 0.333. The predicted molar refractivity (Wildman–Crippen MR) is 86.5 cm³/mol. The molecule has 98 valence electrons. The van der Waals surface area contributed by atoms with E-state index in [2.05, 4.69) is 34.2 Å². The molecular weight excluding hydrogens is 373 g/mol. The molecule has 2 heterocycles. The van der Waals surface area contributed by atoms with Crippen molar-refractivity contribution in [2.45, 2.75) is 19.4 Å². The zero-order valence-electron chi connectivity index (χ0n) is 9.67. The summed E-state index contributed by atoms with van der Waals surface area (Å²) in [6.07, 6.45) is 1.09. The second-order valence-electron chi connectivity index (χ2n) is 3.80. The van der Waals surface area contributed by atoms with E-state index in [9.17, 15) is 0 Å². The van der Waals surface area contributed by atoms with Crippen LogP contribution in [0.15, 0.2) is 22.0 Å². The first-order chi connectivity index (χ1) is 8.61. The Morgan fingerprint density at radius 2 is 2.06 bits per heavy atom. The molecule has 0 aliphatic carbocycles. The number of hydrogen-bond donors (Lipinski definition) is 1. The Kier molecular flexibility index (Phi) is 5.54. The Morgan fingerprint density at radius 1 is 1.28 bits per heavy atom. The Balaban J connectivity index is 2.30. The third kappa shape index (κ3) is 3.50. The van der Waals surface area contributed by atoms with Crippen molar-refractivity contribution in [3.05, 3.63) is 41.1 Å². The molecule has 0 amide bonds. The van der Waals surface area contributed by atoms with Gasteiger partial charge in [-0.15, -0.1) is 22.7 Å². The van der Waals surface area contributed by atoms with Crippen LogP contribution in [0.25, 0.3) is 0 Å². The van der Waals surface area contributed by atoms with E-state index in [1.165, 1.54) is 9.75 Å². The largest absolute Gasteiger partial charge is 0.305 e. The average Bonchev–Trinajstić information content (AvgIpc) is 2.88. The Hall–Kier alpha value is 0.420.